The number of rotatable bonds is 8. The van der Waals surface area contributed by atoms with E-state index in [1.807, 2.05) is 27.7 Å². The third-order valence-corrected chi connectivity index (χ3v) is 3.07. The summed E-state index contributed by atoms with van der Waals surface area (Å²) in [6.45, 7) is 8.60. The maximum absolute atomic E-state index is 11.8. The van der Waals surface area contributed by atoms with Crippen LogP contribution in [-0.2, 0) is 9.59 Å². The summed E-state index contributed by atoms with van der Waals surface area (Å²) in [5.41, 5.74) is 5.55. The van der Waals surface area contributed by atoms with Gasteiger partial charge in [-0.25, -0.2) is 0 Å². The molecule has 18 heavy (non-hydrogen) atoms. The van der Waals surface area contributed by atoms with Crippen molar-refractivity contribution in [2.24, 2.45) is 17.6 Å². The molecule has 0 aliphatic heterocycles. The molecule has 106 valence electrons. The molecule has 0 saturated carbocycles. The fourth-order valence-corrected chi connectivity index (χ4v) is 1.56. The SMILES string of the molecule is CCC(C)NC(=O)CCNC(=O)C(CN)C(C)C. The summed E-state index contributed by atoms with van der Waals surface area (Å²) < 4.78 is 0. The Hall–Kier alpha value is -1.10. The molecule has 0 aromatic carbocycles. The van der Waals surface area contributed by atoms with Gasteiger partial charge in [-0.15, -0.1) is 0 Å². The first kappa shape index (κ1) is 16.9. The van der Waals surface area contributed by atoms with Gasteiger partial charge in [0.05, 0.1) is 5.92 Å². The summed E-state index contributed by atoms with van der Waals surface area (Å²) in [6, 6.07) is 0.181. The molecule has 0 rings (SSSR count). The topological polar surface area (TPSA) is 84.2 Å². The van der Waals surface area contributed by atoms with Crippen LogP contribution in [0.3, 0.4) is 0 Å². The minimum absolute atomic E-state index is 0.0292. The highest BCUT2D eigenvalue weighted by Gasteiger charge is 2.20. The van der Waals surface area contributed by atoms with Crippen molar-refractivity contribution in [3.8, 4) is 0 Å². The zero-order valence-electron chi connectivity index (χ0n) is 12.0. The molecular weight excluding hydrogens is 230 g/mol. The largest absolute Gasteiger partial charge is 0.355 e. The normalized spacial score (nSPS) is 14.1. The second-order valence-corrected chi connectivity index (χ2v) is 5.00. The van der Waals surface area contributed by atoms with Crippen LogP contribution in [0.25, 0.3) is 0 Å². The number of hydrogen-bond acceptors (Lipinski definition) is 3. The van der Waals surface area contributed by atoms with Crippen LogP contribution in [0, 0.1) is 11.8 Å². The van der Waals surface area contributed by atoms with Crippen molar-refractivity contribution in [1.82, 2.24) is 10.6 Å². The molecule has 0 fully saturated rings. The molecule has 0 bridgehead atoms. The summed E-state index contributed by atoms with van der Waals surface area (Å²) >= 11 is 0. The zero-order chi connectivity index (χ0) is 14.1. The van der Waals surface area contributed by atoms with Crippen molar-refractivity contribution in [2.45, 2.75) is 46.6 Å². The Kier molecular flexibility index (Phi) is 8.37. The van der Waals surface area contributed by atoms with Crippen molar-refractivity contribution in [1.29, 1.82) is 0 Å². The molecule has 5 nitrogen and oxygen atoms in total. The van der Waals surface area contributed by atoms with Gasteiger partial charge in [-0.1, -0.05) is 20.8 Å². The first-order valence-electron chi connectivity index (χ1n) is 6.69. The smallest absolute Gasteiger partial charge is 0.224 e. The van der Waals surface area contributed by atoms with Crippen molar-refractivity contribution in [3.05, 3.63) is 0 Å². The van der Waals surface area contributed by atoms with E-state index < -0.39 is 0 Å². The Morgan fingerprint density at radius 2 is 1.83 bits per heavy atom. The Labute approximate surface area is 110 Å². The monoisotopic (exact) mass is 257 g/mol. The zero-order valence-corrected chi connectivity index (χ0v) is 12.0. The molecule has 5 heteroatoms. The van der Waals surface area contributed by atoms with Gasteiger partial charge in [-0.05, 0) is 19.3 Å². The van der Waals surface area contributed by atoms with Crippen molar-refractivity contribution < 1.29 is 9.59 Å². The van der Waals surface area contributed by atoms with Gasteiger partial charge in [0.25, 0.3) is 0 Å². The molecule has 0 aromatic rings. The molecule has 0 aliphatic carbocycles. The molecule has 0 spiro atoms. The lowest BCUT2D eigenvalue weighted by Crippen LogP contribution is -2.40. The predicted molar refractivity (Wildman–Crippen MR) is 72.9 cm³/mol. The van der Waals surface area contributed by atoms with Crippen LogP contribution in [0.5, 0.6) is 0 Å². The maximum atomic E-state index is 11.8. The third kappa shape index (κ3) is 6.59. The molecular formula is C13H27N3O2. The third-order valence-electron chi connectivity index (χ3n) is 3.07. The van der Waals surface area contributed by atoms with Gasteiger partial charge in [0.15, 0.2) is 0 Å². The van der Waals surface area contributed by atoms with Crippen LogP contribution in [0.4, 0.5) is 0 Å². The average Bonchev–Trinajstić information content (AvgIpc) is 2.29. The van der Waals surface area contributed by atoms with Crippen LogP contribution in [0.15, 0.2) is 0 Å². The van der Waals surface area contributed by atoms with Crippen LogP contribution < -0.4 is 16.4 Å². The molecule has 0 heterocycles. The predicted octanol–water partition coefficient (Wildman–Crippen LogP) is 0.638. The van der Waals surface area contributed by atoms with Gasteiger partial charge in [-0.3, -0.25) is 9.59 Å². The summed E-state index contributed by atoms with van der Waals surface area (Å²) in [6.07, 6.45) is 1.21. The van der Waals surface area contributed by atoms with Gasteiger partial charge in [0.2, 0.25) is 11.8 Å². The van der Waals surface area contributed by atoms with Crippen LogP contribution in [-0.4, -0.2) is 30.9 Å². The Balaban J connectivity index is 3.90. The first-order valence-corrected chi connectivity index (χ1v) is 6.69. The fraction of sp³-hybridized carbons (Fsp3) is 0.846. The van der Waals surface area contributed by atoms with Gasteiger partial charge in [-0.2, -0.15) is 0 Å². The van der Waals surface area contributed by atoms with E-state index >= 15 is 0 Å². The van der Waals surface area contributed by atoms with Crippen LogP contribution >= 0.6 is 0 Å². The second kappa shape index (κ2) is 8.91. The molecule has 2 unspecified atom stereocenters. The van der Waals surface area contributed by atoms with Gasteiger partial charge >= 0.3 is 0 Å². The number of amides is 2. The second-order valence-electron chi connectivity index (χ2n) is 5.00. The molecule has 0 saturated heterocycles. The van der Waals surface area contributed by atoms with E-state index in [2.05, 4.69) is 10.6 Å². The standard InChI is InChI=1S/C13H27N3O2/c1-5-10(4)16-12(17)6-7-15-13(18)11(8-14)9(2)3/h9-11H,5-8,14H2,1-4H3,(H,15,18)(H,16,17). The van der Waals surface area contributed by atoms with Gasteiger partial charge < -0.3 is 16.4 Å². The number of hydrogen-bond donors (Lipinski definition) is 3. The van der Waals surface area contributed by atoms with Gasteiger partial charge in [0, 0.05) is 25.6 Å². The lowest BCUT2D eigenvalue weighted by molar-refractivity contribution is -0.126. The molecule has 0 aliphatic rings. The van der Waals surface area contributed by atoms with Crippen molar-refractivity contribution >= 4 is 11.8 Å². The van der Waals surface area contributed by atoms with Crippen molar-refractivity contribution in [3.63, 3.8) is 0 Å². The highest BCUT2D eigenvalue weighted by molar-refractivity contribution is 5.80. The molecule has 2 amide bonds. The number of carbonyl (C=O) groups excluding carboxylic acids is 2. The quantitative estimate of drug-likeness (QED) is 0.596. The Morgan fingerprint density at radius 3 is 2.28 bits per heavy atom. The summed E-state index contributed by atoms with van der Waals surface area (Å²) in [7, 11) is 0. The molecule has 0 aromatic heterocycles. The maximum Gasteiger partial charge on any atom is 0.224 e. The first-order chi connectivity index (χ1) is 8.42. The van der Waals surface area contributed by atoms with E-state index in [0.29, 0.717) is 19.5 Å². The summed E-state index contributed by atoms with van der Waals surface area (Å²) in [5.74, 6) is -0.0612. The van der Waals surface area contributed by atoms with E-state index in [-0.39, 0.29) is 29.7 Å². The fourth-order valence-electron chi connectivity index (χ4n) is 1.56. The average molecular weight is 257 g/mol. The highest BCUT2D eigenvalue weighted by Crippen LogP contribution is 2.08. The number of nitrogens with one attached hydrogen (secondary N) is 2. The van der Waals surface area contributed by atoms with E-state index in [4.69, 9.17) is 5.73 Å². The molecule has 2 atom stereocenters. The summed E-state index contributed by atoms with van der Waals surface area (Å²) in [5, 5.41) is 5.61. The van der Waals surface area contributed by atoms with Crippen LogP contribution in [0.2, 0.25) is 0 Å². The highest BCUT2D eigenvalue weighted by atomic mass is 16.2. The lowest BCUT2D eigenvalue weighted by atomic mass is 9.95. The summed E-state index contributed by atoms with van der Waals surface area (Å²) in [4.78, 5) is 23.2. The lowest BCUT2D eigenvalue weighted by Gasteiger charge is -2.18. The van der Waals surface area contributed by atoms with E-state index in [9.17, 15) is 9.59 Å². The Bertz CT molecular complexity index is 267. The van der Waals surface area contributed by atoms with Crippen LogP contribution in [0.1, 0.15) is 40.5 Å². The minimum Gasteiger partial charge on any atom is -0.355 e. The van der Waals surface area contributed by atoms with E-state index in [0.717, 1.165) is 6.42 Å². The van der Waals surface area contributed by atoms with E-state index in [1.165, 1.54) is 0 Å². The Morgan fingerprint density at radius 1 is 1.22 bits per heavy atom. The molecule has 4 N–H and O–H groups in total. The van der Waals surface area contributed by atoms with Gasteiger partial charge in [0.1, 0.15) is 0 Å². The molecule has 0 radical (unpaired) electrons. The minimum atomic E-state index is -0.178. The van der Waals surface area contributed by atoms with E-state index in [1.54, 1.807) is 0 Å². The number of carbonyl (C=O) groups is 2. The number of nitrogens with two attached hydrogens (primary N) is 1. The van der Waals surface area contributed by atoms with Crippen molar-refractivity contribution in [2.75, 3.05) is 13.1 Å².